The number of unbranched alkanes of at least 4 members (excludes halogenated alkanes) is 11. The molecule has 0 radical (unpaired) electrons. The van der Waals surface area contributed by atoms with Crippen molar-refractivity contribution in [2.45, 2.75) is 124 Å². The molecule has 0 aliphatic heterocycles. The van der Waals surface area contributed by atoms with Crippen molar-refractivity contribution in [3.8, 4) is 0 Å². The van der Waals surface area contributed by atoms with E-state index >= 15 is 0 Å². The Bertz CT molecular complexity index is 345. The monoisotopic (exact) mass is 502 g/mol. The largest absolute Gasteiger partial charge is 0.394 e. The molecule has 6 heteroatoms. The molecule has 0 bridgehead atoms. The van der Waals surface area contributed by atoms with Crippen molar-refractivity contribution in [2.24, 2.45) is 0 Å². The molecule has 0 aromatic heterocycles. The van der Waals surface area contributed by atoms with Crippen LogP contribution in [-0.4, -0.2) is 37.3 Å². The predicted molar refractivity (Wildman–Crippen MR) is 117 cm³/mol. The molecule has 0 amide bonds. The van der Waals surface area contributed by atoms with E-state index in [1.54, 1.807) is 39.0 Å². The molecule has 0 unspecified atom stereocenters. The Kier molecular flexibility index (Phi) is 24.4. The van der Waals surface area contributed by atoms with Crippen molar-refractivity contribution < 1.29 is 17.5 Å². The van der Waals surface area contributed by atoms with Gasteiger partial charge in [0.25, 0.3) is 0 Å². The van der Waals surface area contributed by atoms with E-state index in [0.717, 1.165) is 0 Å². The van der Waals surface area contributed by atoms with E-state index < -0.39 is 30.2 Å². The summed E-state index contributed by atoms with van der Waals surface area (Å²) in [5.41, 5.74) is 0. The molecule has 0 heterocycles. The van der Waals surface area contributed by atoms with E-state index in [-0.39, 0.29) is 0 Å². The van der Waals surface area contributed by atoms with Gasteiger partial charge in [-0.2, -0.15) is 8.42 Å². The average molecular weight is 501 g/mol. The number of rotatable bonds is 17. The Balaban J connectivity index is 0. The summed E-state index contributed by atoms with van der Waals surface area (Å²) in [6.45, 7) is 7.03. The van der Waals surface area contributed by atoms with E-state index in [9.17, 15) is 0 Å². The third-order valence-electron chi connectivity index (χ3n) is 4.90. The Morgan fingerprint density at radius 1 is 0.538 bits per heavy atom. The van der Waals surface area contributed by atoms with Crippen molar-refractivity contribution in [3.05, 3.63) is 0 Å². The van der Waals surface area contributed by atoms with Gasteiger partial charge in [-0.1, -0.05) is 0 Å². The molecule has 0 saturated heterocycles. The van der Waals surface area contributed by atoms with Crippen molar-refractivity contribution in [1.29, 1.82) is 0 Å². The summed E-state index contributed by atoms with van der Waals surface area (Å²) in [6.07, 6.45) is 20.9. The van der Waals surface area contributed by atoms with Gasteiger partial charge in [-0.15, -0.1) is 0 Å². The van der Waals surface area contributed by atoms with Gasteiger partial charge in [0, 0.05) is 0 Å². The molecule has 0 saturated carbocycles. The van der Waals surface area contributed by atoms with Crippen LogP contribution >= 0.6 is 0 Å². The van der Waals surface area contributed by atoms with Gasteiger partial charge in [0.1, 0.15) is 0 Å². The minimum Gasteiger partial charge on any atom is -0.264 e. The molecule has 2 N–H and O–H groups in total. The van der Waals surface area contributed by atoms with E-state index in [1.807, 2.05) is 0 Å². The van der Waals surface area contributed by atoms with Gasteiger partial charge in [-0.25, -0.2) is 0 Å². The molecule has 0 aromatic carbocycles. The summed E-state index contributed by atoms with van der Waals surface area (Å²) in [6, 6.07) is 0. The fourth-order valence-electron chi connectivity index (χ4n) is 3.34. The first kappa shape index (κ1) is 28.9. The third-order valence-corrected chi connectivity index (χ3v) is 15.4. The van der Waals surface area contributed by atoms with Crippen molar-refractivity contribution in [1.82, 2.24) is 0 Å². The van der Waals surface area contributed by atoms with Crippen LogP contribution in [0, 0.1) is 0 Å². The van der Waals surface area contributed by atoms with Gasteiger partial charge in [-0.05, 0) is 0 Å². The van der Waals surface area contributed by atoms with Crippen LogP contribution < -0.4 is 0 Å². The second-order valence-electron chi connectivity index (χ2n) is 7.57. The second-order valence-corrected chi connectivity index (χ2v) is 18.4. The van der Waals surface area contributed by atoms with Gasteiger partial charge >= 0.3 is 154 Å². The summed E-state index contributed by atoms with van der Waals surface area (Å²) in [7, 11) is -4.67. The molecule has 0 aliphatic rings. The van der Waals surface area contributed by atoms with Crippen LogP contribution in [0.3, 0.4) is 0 Å². The quantitative estimate of drug-likeness (QED) is 0.127. The predicted octanol–water partition coefficient (Wildman–Crippen LogP) is 7.08. The Morgan fingerprint density at radius 3 is 1.15 bits per heavy atom. The molecule has 0 spiro atoms. The molecule has 26 heavy (non-hydrogen) atoms. The molecule has 0 fully saturated rings. The molecule has 4 nitrogen and oxygen atoms in total. The number of hydrogen-bond acceptors (Lipinski definition) is 2. The maximum absolute atomic E-state index is 8.74. The standard InChI is InChI=1S/C12H25.2C4H9.H2O4S.Sn.H/c1-3-5-7-9-11-12-10-8-6-4-2;2*1-3-4-2;1-5(2,3)4;;/h1,3-12H2,2H3;2*1,3-4H2,2H3;(H2,1,2,3,4);;. The Morgan fingerprint density at radius 2 is 0.808 bits per heavy atom. The Labute approximate surface area is 171 Å². The SMILES string of the molecule is CCCCCCCCCCC[CH2][SnH]([CH2]CCC)[CH2]CCC.O=S(=O)(O)O. The molecule has 160 valence electrons. The topological polar surface area (TPSA) is 74.6 Å². The fraction of sp³-hybridized carbons (Fsp3) is 1.00. The zero-order valence-corrected chi connectivity index (χ0v) is 21.8. The smallest absolute Gasteiger partial charge is 0.264 e. The third kappa shape index (κ3) is 32.3. The van der Waals surface area contributed by atoms with Crippen LogP contribution in [-0.2, 0) is 10.4 Å². The Hall–Kier alpha value is 0.669. The zero-order valence-electron chi connectivity index (χ0n) is 17.7. The van der Waals surface area contributed by atoms with E-state index in [0.29, 0.717) is 0 Å². The van der Waals surface area contributed by atoms with E-state index in [1.165, 1.54) is 64.2 Å². The molecular formula is C20H46O4SSn. The van der Waals surface area contributed by atoms with Gasteiger partial charge < -0.3 is 0 Å². The van der Waals surface area contributed by atoms with Crippen LogP contribution in [0.2, 0.25) is 13.3 Å². The van der Waals surface area contributed by atoms with Crippen molar-refractivity contribution >= 4 is 30.2 Å². The molecule has 0 aromatic rings. The van der Waals surface area contributed by atoms with Gasteiger partial charge in [0.15, 0.2) is 0 Å². The number of hydrogen-bond donors (Lipinski definition) is 2. The van der Waals surface area contributed by atoms with Crippen LogP contribution in [0.4, 0.5) is 0 Å². The average Bonchev–Trinajstić information content (AvgIpc) is 2.56. The molecular weight excluding hydrogens is 455 g/mol. The summed E-state index contributed by atoms with van der Waals surface area (Å²) in [5, 5.41) is 0. The maximum atomic E-state index is 8.74. The van der Waals surface area contributed by atoms with Gasteiger partial charge in [-0.3, -0.25) is 9.11 Å². The minimum absolute atomic E-state index is 1.06. The van der Waals surface area contributed by atoms with E-state index in [2.05, 4.69) is 20.8 Å². The van der Waals surface area contributed by atoms with E-state index in [4.69, 9.17) is 17.5 Å². The fourth-order valence-corrected chi connectivity index (χ4v) is 13.9. The first-order valence-electron chi connectivity index (χ1n) is 11.0. The maximum Gasteiger partial charge on any atom is 0.394 e. The second kappa shape index (κ2) is 22.0. The molecule has 0 atom stereocenters. The van der Waals surface area contributed by atoms with Gasteiger partial charge in [0.2, 0.25) is 0 Å². The first-order chi connectivity index (χ1) is 12.3. The summed E-state index contributed by atoms with van der Waals surface area (Å²) in [4.78, 5) is 0. The van der Waals surface area contributed by atoms with Gasteiger partial charge in [0.05, 0.1) is 0 Å². The molecule has 0 aliphatic carbocycles. The van der Waals surface area contributed by atoms with Crippen LogP contribution in [0.1, 0.15) is 111 Å². The minimum atomic E-state index is -4.67. The van der Waals surface area contributed by atoms with Crippen molar-refractivity contribution in [3.63, 3.8) is 0 Å². The van der Waals surface area contributed by atoms with Crippen molar-refractivity contribution in [2.75, 3.05) is 0 Å². The summed E-state index contributed by atoms with van der Waals surface area (Å²) >= 11 is -1.06. The molecule has 0 rings (SSSR count). The summed E-state index contributed by atoms with van der Waals surface area (Å²) < 4.78 is 36.7. The zero-order chi connectivity index (χ0) is 20.1. The van der Waals surface area contributed by atoms with Crippen LogP contribution in [0.25, 0.3) is 0 Å². The van der Waals surface area contributed by atoms with Crippen LogP contribution in [0.5, 0.6) is 0 Å². The van der Waals surface area contributed by atoms with Crippen LogP contribution in [0.15, 0.2) is 0 Å². The normalized spacial score (nSPS) is 11.5. The first-order valence-corrected chi connectivity index (χ1v) is 19.4. The summed E-state index contributed by atoms with van der Waals surface area (Å²) in [5.74, 6) is 0.